The minimum atomic E-state index is -0.421. The maximum Gasteiger partial charge on any atom is 0.269 e. The summed E-state index contributed by atoms with van der Waals surface area (Å²) in [5, 5.41) is 14.7. The van der Waals surface area contributed by atoms with Gasteiger partial charge in [-0.05, 0) is 37.4 Å². The van der Waals surface area contributed by atoms with Crippen molar-refractivity contribution in [3.05, 3.63) is 49.4 Å². The summed E-state index contributed by atoms with van der Waals surface area (Å²) < 4.78 is 2.63. The number of hydrogen-bond donors (Lipinski definition) is 0. The van der Waals surface area contributed by atoms with Crippen LogP contribution in [0.25, 0.3) is 0 Å². The van der Waals surface area contributed by atoms with Crippen LogP contribution in [0.3, 0.4) is 0 Å². The molecule has 88 valence electrons. The van der Waals surface area contributed by atoms with E-state index in [0.717, 1.165) is 5.56 Å². The van der Waals surface area contributed by atoms with Gasteiger partial charge in [-0.2, -0.15) is 4.98 Å². The zero-order valence-electron chi connectivity index (χ0n) is 8.38. The minimum absolute atomic E-state index is 0.0674. The predicted molar refractivity (Wildman–Crippen MR) is 67.6 cm³/mol. The van der Waals surface area contributed by atoms with Crippen LogP contribution in [0.15, 0.2) is 33.7 Å². The van der Waals surface area contributed by atoms with Gasteiger partial charge < -0.3 is 0 Å². The second-order valence-electron chi connectivity index (χ2n) is 3.23. The molecule has 0 atom stereocenters. The van der Waals surface area contributed by atoms with Gasteiger partial charge in [0, 0.05) is 12.1 Å². The zero-order chi connectivity index (χ0) is 12.4. The van der Waals surface area contributed by atoms with Crippen LogP contribution in [0.4, 0.5) is 5.69 Å². The van der Waals surface area contributed by atoms with Crippen molar-refractivity contribution in [2.24, 2.45) is 0 Å². The summed E-state index contributed by atoms with van der Waals surface area (Å²) in [5.74, 6) is 0. The Balaban J connectivity index is 2.27. The molecule has 0 amide bonds. The number of hydrogen-bond acceptors (Lipinski definition) is 4. The Morgan fingerprint density at radius 2 is 2.18 bits per heavy atom. The Morgan fingerprint density at radius 1 is 1.41 bits per heavy atom. The number of nitro groups is 1. The summed E-state index contributed by atoms with van der Waals surface area (Å²) in [6.07, 6.45) is 0. The normalized spacial score (nSPS) is 10.5. The standard InChI is InChI=1S/C9H6Br2N4O2/c10-8-12-9(11)14(13-8)5-6-2-1-3-7(4-6)15(16)17/h1-4H,5H2. The summed E-state index contributed by atoms with van der Waals surface area (Å²) >= 11 is 6.40. The van der Waals surface area contributed by atoms with Gasteiger partial charge in [-0.1, -0.05) is 12.1 Å². The third-order valence-corrected chi connectivity index (χ3v) is 2.98. The van der Waals surface area contributed by atoms with E-state index in [1.54, 1.807) is 16.8 Å². The van der Waals surface area contributed by atoms with Crippen LogP contribution in [0.5, 0.6) is 0 Å². The SMILES string of the molecule is O=[N+]([O-])c1cccc(Cn2nc(Br)nc2Br)c1. The first-order chi connectivity index (χ1) is 8.06. The molecule has 0 radical (unpaired) electrons. The first kappa shape index (κ1) is 12.2. The molecule has 0 aliphatic carbocycles. The van der Waals surface area contributed by atoms with Gasteiger partial charge in [-0.3, -0.25) is 10.1 Å². The van der Waals surface area contributed by atoms with E-state index in [2.05, 4.69) is 41.9 Å². The molecule has 0 saturated heterocycles. The van der Waals surface area contributed by atoms with E-state index < -0.39 is 4.92 Å². The maximum atomic E-state index is 10.6. The lowest BCUT2D eigenvalue weighted by Crippen LogP contribution is -2.02. The molecule has 2 rings (SSSR count). The van der Waals surface area contributed by atoms with Gasteiger partial charge in [0.05, 0.1) is 11.5 Å². The van der Waals surface area contributed by atoms with Gasteiger partial charge in [0.1, 0.15) is 0 Å². The molecule has 1 aromatic heterocycles. The van der Waals surface area contributed by atoms with Crippen molar-refractivity contribution in [3.8, 4) is 0 Å². The fourth-order valence-electron chi connectivity index (χ4n) is 1.34. The molecule has 1 aromatic carbocycles. The smallest absolute Gasteiger partial charge is 0.258 e. The van der Waals surface area contributed by atoms with Crippen molar-refractivity contribution in [1.82, 2.24) is 14.8 Å². The third-order valence-electron chi connectivity index (χ3n) is 2.05. The quantitative estimate of drug-likeness (QED) is 0.622. The Labute approximate surface area is 113 Å². The fourth-order valence-corrected chi connectivity index (χ4v) is 2.31. The van der Waals surface area contributed by atoms with Gasteiger partial charge in [0.25, 0.3) is 5.69 Å². The molecule has 17 heavy (non-hydrogen) atoms. The van der Waals surface area contributed by atoms with Crippen molar-refractivity contribution in [2.45, 2.75) is 6.54 Å². The number of halogens is 2. The van der Waals surface area contributed by atoms with Crippen molar-refractivity contribution in [2.75, 3.05) is 0 Å². The topological polar surface area (TPSA) is 73.8 Å². The molecule has 0 fully saturated rings. The molecule has 0 N–H and O–H groups in total. The van der Waals surface area contributed by atoms with Crippen molar-refractivity contribution < 1.29 is 4.92 Å². The van der Waals surface area contributed by atoms with E-state index in [0.29, 0.717) is 16.0 Å². The van der Waals surface area contributed by atoms with Crippen molar-refractivity contribution in [3.63, 3.8) is 0 Å². The Bertz CT molecular complexity index is 570. The van der Waals surface area contributed by atoms with Crippen LogP contribution >= 0.6 is 31.9 Å². The van der Waals surface area contributed by atoms with E-state index in [4.69, 9.17) is 0 Å². The molecule has 0 spiro atoms. The molecule has 0 aliphatic rings. The summed E-state index contributed by atoms with van der Waals surface area (Å²) in [7, 11) is 0. The van der Waals surface area contributed by atoms with Crippen LogP contribution in [0, 0.1) is 10.1 Å². The highest BCUT2D eigenvalue weighted by Crippen LogP contribution is 2.17. The zero-order valence-corrected chi connectivity index (χ0v) is 11.5. The molecule has 8 heteroatoms. The Hall–Kier alpha value is -1.28. The molecule has 0 bridgehead atoms. The molecule has 6 nitrogen and oxygen atoms in total. The van der Waals surface area contributed by atoms with Crippen LogP contribution in [-0.4, -0.2) is 19.7 Å². The van der Waals surface area contributed by atoms with Crippen molar-refractivity contribution in [1.29, 1.82) is 0 Å². The summed E-state index contributed by atoms with van der Waals surface area (Å²) in [6.45, 7) is 0.418. The van der Waals surface area contributed by atoms with Crippen LogP contribution in [0.1, 0.15) is 5.56 Å². The largest absolute Gasteiger partial charge is 0.269 e. The number of rotatable bonds is 3. The average Bonchev–Trinajstić information content (AvgIpc) is 2.58. The molecular weight excluding hydrogens is 356 g/mol. The van der Waals surface area contributed by atoms with Gasteiger partial charge in [-0.15, -0.1) is 5.10 Å². The maximum absolute atomic E-state index is 10.6. The van der Waals surface area contributed by atoms with E-state index in [1.807, 2.05) is 0 Å². The predicted octanol–water partition coefficient (Wildman–Crippen LogP) is 2.76. The summed E-state index contributed by atoms with van der Waals surface area (Å²) in [6, 6.07) is 6.42. The third kappa shape index (κ3) is 2.89. The van der Waals surface area contributed by atoms with E-state index in [1.165, 1.54) is 12.1 Å². The monoisotopic (exact) mass is 360 g/mol. The first-order valence-electron chi connectivity index (χ1n) is 4.55. The Kier molecular flexibility index (Phi) is 3.53. The highest BCUT2D eigenvalue weighted by atomic mass is 79.9. The number of aromatic nitrogens is 3. The average molecular weight is 362 g/mol. The summed E-state index contributed by atoms with van der Waals surface area (Å²) in [4.78, 5) is 14.2. The van der Waals surface area contributed by atoms with E-state index in [-0.39, 0.29) is 5.69 Å². The van der Waals surface area contributed by atoms with Crippen LogP contribution < -0.4 is 0 Å². The van der Waals surface area contributed by atoms with Crippen LogP contribution in [0.2, 0.25) is 0 Å². The fraction of sp³-hybridized carbons (Fsp3) is 0.111. The summed E-state index contributed by atoms with van der Waals surface area (Å²) in [5.41, 5.74) is 0.857. The highest BCUT2D eigenvalue weighted by Gasteiger charge is 2.09. The Morgan fingerprint density at radius 3 is 2.76 bits per heavy atom. The number of nitrogens with zero attached hydrogens (tertiary/aromatic N) is 4. The van der Waals surface area contributed by atoms with Gasteiger partial charge in [0.2, 0.25) is 4.73 Å². The number of non-ortho nitro benzene ring substituents is 1. The second-order valence-corrected chi connectivity index (χ2v) is 4.65. The van der Waals surface area contributed by atoms with Gasteiger partial charge >= 0.3 is 0 Å². The first-order valence-corrected chi connectivity index (χ1v) is 6.14. The molecular formula is C9H6Br2N4O2. The number of nitro benzene ring substituents is 1. The second kappa shape index (κ2) is 4.92. The van der Waals surface area contributed by atoms with E-state index in [9.17, 15) is 10.1 Å². The minimum Gasteiger partial charge on any atom is -0.258 e. The lowest BCUT2D eigenvalue weighted by Gasteiger charge is -2.02. The molecule has 1 heterocycles. The van der Waals surface area contributed by atoms with Gasteiger partial charge in [0.15, 0.2) is 4.73 Å². The highest BCUT2D eigenvalue weighted by molar-refractivity contribution is 9.11. The molecule has 0 saturated carbocycles. The lowest BCUT2D eigenvalue weighted by molar-refractivity contribution is -0.384. The molecule has 2 aromatic rings. The molecule has 0 aliphatic heterocycles. The molecule has 0 unspecified atom stereocenters. The lowest BCUT2D eigenvalue weighted by atomic mass is 10.2. The van der Waals surface area contributed by atoms with Crippen LogP contribution in [-0.2, 0) is 6.54 Å². The van der Waals surface area contributed by atoms with E-state index >= 15 is 0 Å². The van der Waals surface area contributed by atoms with Gasteiger partial charge in [-0.25, -0.2) is 4.68 Å². The number of benzene rings is 1. The van der Waals surface area contributed by atoms with Crippen molar-refractivity contribution >= 4 is 37.5 Å².